The first-order valence-electron chi connectivity index (χ1n) is 6.51. The molecule has 0 amide bonds. The molecule has 1 N–H and O–H groups in total. The fourth-order valence-corrected chi connectivity index (χ4v) is 1.74. The number of hydrogen-bond acceptors (Lipinski definition) is 6. The third-order valence-corrected chi connectivity index (χ3v) is 2.69. The molecule has 1 aliphatic rings. The van der Waals surface area contributed by atoms with Gasteiger partial charge < -0.3 is 19.3 Å². The highest BCUT2D eigenvalue weighted by atomic mass is 16.7. The van der Waals surface area contributed by atoms with Crippen LogP contribution in [0.15, 0.2) is 6.20 Å². The van der Waals surface area contributed by atoms with Crippen LogP contribution in [0.1, 0.15) is 49.3 Å². The van der Waals surface area contributed by atoms with Crippen molar-refractivity contribution >= 4 is 5.97 Å². The lowest BCUT2D eigenvalue weighted by atomic mass is 10.1. The number of pyridine rings is 1. The molecule has 1 aromatic rings. The third-order valence-electron chi connectivity index (χ3n) is 2.69. The van der Waals surface area contributed by atoms with Crippen LogP contribution in [0.5, 0.6) is 5.75 Å². The number of esters is 1. The number of aromatic nitrogens is 1. The van der Waals surface area contributed by atoms with Crippen molar-refractivity contribution in [3.8, 4) is 5.75 Å². The molecule has 0 saturated heterocycles. The number of methoxy groups -OCH3 is 1. The van der Waals surface area contributed by atoms with Gasteiger partial charge in [-0.1, -0.05) is 13.8 Å². The second kappa shape index (κ2) is 6.67. The van der Waals surface area contributed by atoms with Crippen molar-refractivity contribution in [1.82, 2.24) is 4.98 Å². The Hall–Kier alpha value is -1.66. The van der Waals surface area contributed by atoms with Gasteiger partial charge in [0.2, 0.25) is 5.79 Å². The van der Waals surface area contributed by atoms with E-state index < -0.39 is 11.8 Å². The van der Waals surface area contributed by atoms with Crippen molar-refractivity contribution in [2.24, 2.45) is 0 Å². The third kappa shape index (κ3) is 3.26. The van der Waals surface area contributed by atoms with Crippen molar-refractivity contribution in [3.05, 3.63) is 23.0 Å². The number of ether oxygens (including phenoxy) is 3. The monoisotopic (exact) mass is 283 g/mol. The molecule has 20 heavy (non-hydrogen) atoms. The Morgan fingerprint density at radius 2 is 2.15 bits per heavy atom. The smallest absolute Gasteiger partial charge is 0.360 e. The maximum Gasteiger partial charge on any atom is 0.360 e. The van der Waals surface area contributed by atoms with E-state index in [2.05, 4.69) is 9.72 Å². The van der Waals surface area contributed by atoms with Crippen molar-refractivity contribution in [2.45, 2.75) is 46.7 Å². The molecule has 2 heterocycles. The molecule has 2 rings (SSSR count). The summed E-state index contributed by atoms with van der Waals surface area (Å²) in [5.41, 5.74) is 1.31. The average Bonchev–Trinajstić information content (AvgIpc) is 2.46. The Balaban J connectivity index is 0.000000956. The summed E-state index contributed by atoms with van der Waals surface area (Å²) in [6.45, 7) is 7.54. The highest BCUT2D eigenvalue weighted by Gasteiger charge is 2.33. The van der Waals surface area contributed by atoms with Crippen LogP contribution in [-0.4, -0.2) is 29.0 Å². The largest absolute Gasteiger partial charge is 0.464 e. The average molecular weight is 283 g/mol. The van der Waals surface area contributed by atoms with Gasteiger partial charge >= 0.3 is 5.97 Å². The summed E-state index contributed by atoms with van der Waals surface area (Å²) in [6, 6.07) is 0. The highest BCUT2D eigenvalue weighted by Crippen LogP contribution is 2.35. The van der Waals surface area contributed by atoms with Gasteiger partial charge in [-0.25, -0.2) is 9.78 Å². The summed E-state index contributed by atoms with van der Waals surface area (Å²) in [5.74, 6) is -1.09. The lowest BCUT2D eigenvalue weighted by molar-refractivity contribution is -0.180. The first-order valence-corrected chi connectivity index (χ1v) is 6.51. The Kier molecular flexibility index (Phi) is 5.47. The van der Waals surface area contributed by atoms with E-state index in [0.29, 0.717) is 16.9 Å². The maximum absolute atomic E-state index is 11.6. The Labute approximate surface area is 118 Å². The van der Waals surface area contributed by atoms with E-state index in [1.54, 1.807) is 13.8 Å². The van der Waals surface area contributed by atoms with E-state index in [4.69, 9.17) is 9.47 Å². The molecule has 112 valence electrons. The standard InChI is InChI=1S/C12H15NO5.C2H6/c1-12(2)17-6-8-7(5-14)4-13-9(10(8)18-12)11(15)16-3;1-2/h4,14H,5-6H2,1-3H3;1-2H3. The fraction of sp³-hybridized carbons (Fsp3) is 0.571. The molecule has 1 aromatic heterocycles. The minimum absolute atomic E-state index is 0.0982. The molecule has 0 aromatic carbocycles. The van der Waals surface area contributed by atoms with Gasteiger partial charge in [-0.15, -0.1) is 0 Å². The normalized spacial score (nSPS) is 15.3. The predicted molar refractivity (Wildman–Crippen MR) is 72.3 cm³/mol. The SMILES string of the molecule is CC.COC(=O)c1ncc(CO)c2c1OC(C)(C)OC2. The van der Waals surface area contributed by atoms with E-state index in [-0.39, 0.29) is 18.9 Å². The first kappa shape index (κ1) is 16.4. The van der Waals surface area contributed by atoms with E-state index in [1.165, 1.54) is 13.3 Å². The van der Waals surface area contributed by atoms with Crippen LogP contribution in [0.3, 0.4) is 0 Å². The molecule has 0 atom stereocenters. The summed E-state index contributed by atoms with van der Waals surface area (Å²) in [7, 11) is 1.28. The molecule has 0 saturated carbocycles. The highest BCUT2D eigenvalue weighted by molar-refractivity contribution is 5.91. The van der Waals surface area contributed by atoms with Gasteiger partial charge in [0.15, 0.2) is 11.4 Å². The van der Waals surface area contributed by atoms with Crippen molar-refractivity contribution in [2.75, 3.05) is 7.11 Å². The number of aliphatic hydroxyl groups is 1. The second-order valence-corrected chi connectivity index (χ2v) is 4.38. The van der Waals surface area contributed by atoms with Crippen molar-refractivity contribution in [1.29, 1.82) is 0 Å². The van der Waals surface area contributed by atoms with Gasteiger partial charge in [0.25, 0.3) is 0 Å². The number of carbonyl (C=O) groups is 1. The van der Waals surface area contributed by atoms with Crippen LogP contribution in [0.2, 0.25) is 0 Å². The van der Waals surface area contributed by atoms with Crippen LogP contribution in [0.25, 0.3) is 0 Å². The lowest BCUT2D eigenvalue weighted by Gasteiger charge is -2.33. The van der Waals surface area contributed by atoms with E-state index in [0.717, 1.165) is 0 Å². The van der Waals surface area contributed by atoms with Gasteiger partial charge in [-0.05, 0) is 0 Å². The minimum atomic E-state index is -0.842. The maximum atomic E-state index is 11.6. The number of fused-ring (bicyclic) bond motifs is 1. The van der Waals surface area contributed by atoms with E-state index in [9.17, 15) is 9.90 Å². The molecule has 6 nitrogen and oxygen atoms in total. The number of rotatable bonds is 2. The molecular weight excluding hydrogens is 262 g/mol. The number of hydrogen-bond donors (Lipinski definition) is 1. The number of carbonyl (C=O) groups excluding carboxylic acids is 1. The first-order chi connectivity index (χ1) is 9.48. The molecule has 1 aliphatic heterocycles. The summed E-state index contributed by atoms with van der Waals surface area (Å²) in [5, 5.41) is 9.24. The number of aliphatic hydroxyl groups excluding tert-OH is 1. The molecule has 0 fully saturated rings. The second-order valence-electron chi connectivity index (χ2n) is 4.38. The summed E-state index contributed by atoms with van der Waals surface area (Å²) in [4.78, 5) is 15.6. The van der Waals surface area contributed by atoms with Crippen LogP contribution >= 0.6 is 0 Å². The number of nitrogens with zero attached hydrogens (tertiary/aromatic N) is 1. The van der Waals surface area contributed by atoms with E-state index in [1.807, 2.05) is 13.8 Å². The van der Waals surface area contributed by atoms with Gasteiger partial charge in [0.1, 0.15) is 0 Å². The van der Waals surface area contributed by atoms with Gasteiger partial charge in [0, 0.05) is 31.2 Å². The van der Waals surface area contributed by atoms with E-state index >= 15 is 0 Å². The molecular formula is C14H21NO5. The molecule has 0 radical (unpaired) electrons. The minimum Gasteiger partial charge on any atom is -0.464 e. The topological polar surface area (TPSA) is 77.9 Å². The van der Waals surface area contributed by atoms with Gasteiger partial charge in [-0.2, -0.15) is 0 Å². The summed E-state index contributed by atoms with van der Waals surface area (Å²) in [6.07, 6.45) is 1.43. The van der Waals surface area contributed by atoms with Gasteiger partial charge in [0.05, 0.1) is 20.3 Å². The Morgan fingerprint density at radius 1 is 1.50 bits per heavy atom. The van der Waals surface area contributed by atoms with Gasteiger partial charge in [-0.3, -0.25) is 0 Å². The van der Waals surface area contributed by atoms with Crippen LogP contribution in [0.4, 0.5) is 0 Å². The van der Waals surface area contributed by atoms with Crippen molar-refractivity contribution < 1.29 is 24.1 Å². The predicted octanol–water partition coefficient (Wildman–Crippen LogP) is 2.03. The molecule has 6 heteroatoms. The molecule has 0 aliphatic carbocycles. The van der Waals surface area contributed by atoms with Crippen LogP contribution in [0, 0.1) is 0 Å². The molecule has 0 unspecified atom stereocenters. The molecule has 0 bridgehead atoms. The fourth-order valence-electron chi connectivity index (χ4n) is 1.74. The molecule has 0 spiro atoms. The zero-order chi connectivity index (χ0) is 15.3. The Morgan fingerprint density at radius 3 is 2.70 bits per heavy atom. The van der Waals surface area contributed by atoms with Crippen molar-refractivity contribution in [3.63, 3.8) is 0 Å². The van der Waals surface area contributed by atoms with Crippen LogP contribution in [-0.2, 0) is 22.7 Å². The Bertz CT molecular complexity index is 485. The van der Waals surface area contributed by atoms with Crippen LogP contribution < -0.4 is 4.74 Å². The summed E-state index contributed by atoms with van der Waals surface area (Å²) >= 11 is 0. The summed E-state index contributed by atoms with van der Waals surface area (Å²) < 4.78 is 15.8. The quantitative estimate of drug-likeness (QED) is 0.837. The lowest BCUT2D eigenvalue weighted by Crippen LogP contribution is -2.37. The zero-order valence-corrected chi connectivity index (χ0v) is 12.5. The zero-order valence-electron chi connectivity index (χ0n) is 12.5.